The van der Waals surface area contributed by atoms with Crippen LogP contribution in [0.4, 0.5) is 0 Å². The van der Waals surface area contributed by atoms with Crippen LogP contribution in [0.3, 0.4) is 0 Å². The average molecular weight is 521 g/mol. The zero-order chi connectivity index (χ0) is 26.9. The number of benzene rings is 1. The Balaban J connectivity index is 1.22. The SMILES string of the molecule is CCC1=CCCC(CC2c3c(ccc(CC4=CCC(C5CCCC(C)CC5)C=C4)c3C)C=CC2C2CC2)=C1C. The van der Waals surface area contributed by atoms with Crippen LogP contribution in [0.2, 0.25) is 0 Å². The summed E-state index contributed by atoms with van der Waals surface area (Å²) < 4.78 is 0. The molecule has 1 aromatic carbocycles. The van der Waals surface area contributed by atoms with Crippen LogP contribution in [-0.2, 0) is 6.42 Å². The maximum absolute atomic E-state index is 2.60. The molecule has 1 aromatic rings. The van der Waals surface area contributed by atoms with Gasteiger partial charge in [0.15, 0.2) is 0 Å². The van der Waals surface area contributed by atoms with Crippen molar-refractivity contribution in [3.05, 3.63) is 87.1 Å². The Kier molecular flexibility index (Phi) is 8.20. The van der Waals surface area contributed by atoms with Crippen LogP contribution in [0, 0.1) is 36.5 Å². The van der Waals surface area contributed by atoms with Crippen molar-refractivity contribution in [1.29, 1.82) is 0 Å². The third kappa shape index (κ3) is 5.87. The van der Waals surface area contributed by atoms with Gasteiger partial charge in [-0.15, -0.1) is 0 Å². The van der Waals surface area contributed by atoms with Gasteiger partial charge in [-0.2, -0.15) is 0 Å². The van der Waals surface area contributed by atoms with Gasteiger partial charge in [0.1, 0.15) is 0 Å². The zero-order valence-electron chi connectivity index (χ0n) is 25.3. The summed E-state index contributed by atoms with van der Waals surface area (Å²) >= 11 is 0. The van der Waals surface area contributed by atoms with Crippen LogP contribution in [0.15, 0.2) is 64.8 Å². The van der Waals surface area contributed by atoms with Crippen molar-refractivity contribution in [2.45, 2.75) is 117 Å². The van der Waals surface area contributed by atoms with E-state index < -0.39 is 0 Å². The highest BCUT2D eigenvalue weighted by atomic mass is 14.4. The van der Waals surface area contributed by atoms with Gasteiger partial charge in [-0.25, -0.2) is 0 Å². The predicted molar refractivity (Wildman–Crippen MR) is 169 cm³/mol. The summed E-state index contributed by atoms with van der Waals surface area (Å²) in [6, 6.07) is 4.90. The summed E-state index contributed by atoms with van der Waals surface area (Å²) in [5.74, 6) is 4.88. The number of hydrogen-bond donors (Lipinski definition) is 0. The molecular formula is C39H52. The van der Waals surface area contributed by atoms with Crippen molar-refractivity contribution >= 4 is 6.08 Å². The second-order valence-electron chi connectivity index (χ2n) is 13.9. The Bertz CT molecular complexity index is 1210. The fourth-order valence-corrected chi connectivity index (χ4v) is 8.61. The van der Waals surface area contributed by atoms with E-state index in [4.69, 9.17) is 0 Å². The Labute approximate surface area is 239 Å². The molecule has 39 heavy (non-hydrogen) atoms. The molecule has 6 rings (SSSR count). The summed E-state index contributed by atoms with van der Waals surface area (Å²) in [7, 11) is 0. The second-order valence-corrected chi connectivity index (χ2v) is 13.9. The molecule has 208 valence electrons. The summed E-state index contributed by atoms with van der Waals surface area (Å²) in [6.07, 6.45) is 32.6. The minimum absolute atomic E-state index is 0.650. The summed E-state index contributed by atoms with van der Waals surface area (Å²) in [5.41, 5.74) is 12.8. The average Bonchev–Trinajstić information content (AvgIpc) is 3.80. The molecule has 0 N–H and O–H groups in total. The first-order valence-electron chi connectivity index (χ1n) is 16.6. The molecule has 0 spiro atoms. The van der Waals surface area contributed by atoms with Gasteiger partial charge in [0.2, 0.25) is 0 Å². The third-order valence-electron chi connectivity index (χ3n) is 11.4. The van der Waals surface area contributed by atoms with Crippen LogP contribution in [0.25, 0.3) is 6.08 Å². The van der Waals surface area contributed by atoms with Gasteiger partial charge in [-0.1, -0.05) is 87.3 Å². The Hall–Kier alpha value is -2.08. The molecule has 0 bridgehead atoms. The molecule has 0 aromatic heterocycles. The molecule has 2 fully saturated rings. The first-order valence-corrected chi connectivity index (χ1v) is 16.6. The van der Waals surface area contributed by atoms with E-state index in [-0.39, 0.29) is 0 Å². The Morgan fingerprint density at radius 3 is 2.49 bits per heavy atom. The van der Waals surface area contributed by atoms with E-state index in [1.807, 2.05) is 0 Å². The normalized spacial score (nSPS) is 31.0. The number of hydrogen-bond acceptors (Lipinski definition) is 0. The number of allylic oxidation sites excluding steroid dienone is 9. The molecule has 5 aliphatic carbocycles. The monoisotopic (exact) mass is 520 g/mol. The first kappa shape index (κ1) is 27.1. The molecule has 0 saturated heterocycles. The van der Waals surface area contributed by atoms with Crippen LogP contribution in [-0.4, -0.2) is 0 Å². The van der Waals surface area contributed by atoms with Crippen molar-refractivity contribution < 1.29 is 0 Å². The predicted octanol–water partition coefficient (Wildman–Crippen LogP) is 11.2. The Morgan fingerprint density at radius 2 is 1.72 bits per heavy atom. The number of fused-ring (bicyclic) bond motifs is 1. The van der Waals surface area contributed by atoms with Crippen LogP contribution < -0.4 is 0 Å². The molecular weight excluding hydrogens is 468 g/mol. The second kappa shape index (κ2) is 11.8. The van der Waals surface area contributed by atoms with E-state index in [0.717, 1.165) is 36.0 Å². The van der Waals surface area contributed by atoms with E-state index in [1.54, 1.807) is 39.0 Å². The fourth-order valence-electron chi connectivity index (χ4n) is 8.61. The lowest BCUT2D eigenvalue weighted by atomic mass is 9.70. The van der Waals surface area contributed by atoms with Crippen molar-refractivity contribution in [3.63, 3.8) is 0 Å². The summed E-state index contributed by atoms with van der Waals surface area (Å²) in [4.78, 5) is 0. The smallest absolute Gasteiger partial charge is 0.00263 e. The van der Waals surface area contributed by atoms with E-state index in [0.29, 0.717) is 5.92 Å². The highest BCUT2D eigenvalue weighted by Gasteiger charge is 2.39. The standard InChI is InChI=1S/C39H52/c1-5-30-9-7-11-35(27(30)3)25-38-37(33-18-19-33)23-22-34-20-21-36(28(4)39(34)38)24-29-13-16-32(17-14-29)31-10-6-8-26(2)12-15-31/h9,13-14,16,20-23,26,31-33,37-38H,5-8,10-12,15,17-19,24-25H2,1-4H3. The molecule has 0 heteroatoms. The van der Waals surface area contributed by atoms with E-state index in [1.165, 1.54) is 82.6 Å². The van der Waals surface area contributed by atoms with E-state index >= 15 is 0 Å². The van der Waals surface area contributed by atoms with Gasteiger partial charge in [0.05, 0.1) is 0 Å². The Morgan fingerprint density at radius 1 is 0.872 bits per heavy atom. The first-order chi connectivity index (χ1) is 19.0. The summed E-state index contributed by atoms with van der Waals surface area (Å²) in [6.45, 7) is 9.64. The lowest BCUT2D eigenvalue weighted by Gasteiger charge is -2.34. The molecule has 0 radical (unpaired) electrons. The molecule has 0 heterocycles. The van der Waals surface area contributed by atoms with Crippen LogP contribution in [0.1, 0.15) is 126 Å². The number of rotatable bonds is 7. The fraction of sp³-hybridized carbons (Fsp3) is 0.590. The molecule has 2 saturated carbocycles. The highest BCUT2D eigenvalue weighted by Crippen LogP contribution is 2.52. The van der Waals surface area contributed by atoms with Gasteiger partial charge in [-0.05, 0) is 153 Å². The van der Waals surface area contributed by atoms with Crippen molar-refractivity contribution in [3.8, 4) is 0 Å². The lowest BCUT2D eigenvalue weighted by molar-refractivity contribution is 0.346. The summed E-state index contributed by atoms with van der Waals surface area (Å²) in [5, 5.41) is 0. The van der Waals surface area contributed by atoms with Gasteiger partial charge < -0.3 is 0 Å². The molecule has 5 unspecified atom stereocenters. The van der Waals surface area contributed by atoms with E-state index in [2.05, 4.69) is 76.3 Å². The third-order valence-corrected chi connectivity index (χ3v) is 11.4. The van der Waals surface area contributed by atoms with Gasteiger partial charge in [0, 0.05) is 0 Å². The van der Waals surface area contributed by atoms with Crippen LogP contribution >= 0.6 is 0 Å². The topological polar surface area (TPSA) is 0 Å². The molecule has 0 aliphatic heterocycles. The molecule has 0 amide bonds. The molecule has 5 aliphatic rings. The van der Waals surface area contributed by atoms with Gasteiger partial charge in [-0.3, -0.25) is 0 Å². The highest BCUT2D eigenvalue weighted by molar-refractivity contribution is 5.63. The quantitative estimate of drug-likeness (QED) is 0.314. The maximum Gasteiger partial charge on any atom is -0.00263 e. The van der Waals surface area contributed by atoms with Gasteiger partial charge in [0.25, 0.3) is 0 Å². The van der Waals surface area contributed by atoms with Crippen molar-refractivity contribution in [1.82, 2.24) is 0 Å². The minimum Gasteiger partial charge on any atom is -0.0807 e. The lowest BCUT2D eigenvalue weighted by Crippen LogP contribution is -2.21. The largest absolute Gasteiger partial charge is 0.0807 e. The molecule has 0 nitrogen and oxygen atoms in total. The molecule has 5 atom stereocenters. The van der Waals surface area contributed by atoms with Crippen molar-refractivity contribution in [2.24, 2.45) is 29.6 Å². The van der Waals surface area contributed by atoms with Crippen LogP contribution in [0.5, 0.6) is 0 Å². The van der Waals surface area contributed by atoms with Gasteiger partial charge >= 0.3 is 0 Å². The van der Waals surface area contributed by atoms with E-state index in [9.17, 15) is 0 Å². The zero-order valence-corrected chi connectivity index (χ0v) is 25.3. The minimum atomic E-state index is 0.650. The maximum atomic E-state index is 2.60. The van der Waals surface area contributed by atoms with Crippen molar-refractivity contribution in [2.75, 3.05) is 0 Å².